The summed E-state index contributed by atoms with van der Waals surface area (Å²) in [7, 11) is 1.57. The topological polar surface area (TPSA) is 78.4 Å². The lowest BCUT2D eigenvalue weighted by molar-refractivity contribution is -0.139. The van der Waals surface area contributed by atoms with Crippen molar-refractivity contribution in [2.24, 2.45) is 0 Å². The minimum Gasteiger partial charge on any atom is -0.480 e. The highest BCUT2D eigenvalue weighted by Gasteiger charge is 2.15. The molecule has 82 valence electrons. The number of rotatable bonds is 7. The summed E-state index contributed by atoms with van der Waals surface area (Å²) < 4.78 is 0. The predicted octanol–water partition coefficient (Wildman–Crippen LogP) is -0.0346. The second-order valence-corrected chi connectivity index (χ2v) is 3.07. The summed E-state index contributed by atoms with van der Waals surface area (Å²) >= 11 is 0. The molecule has 0 aromatic rings. The Morgan fingerprint density at radius 1 is 1.43 bits per heavy atom. The minimum absolute atomic E-state index is 0.0895. The molecule has 0 aromatic carbocycles. The van der Waals surface area contributed by atoms with Gasteiger partial charge < -0.3 is 15.7 Å². The number of nitrogens with one attached hydrogen (secondary N) is 2. The third-order valence-electron chi connectivity index (χ3n) is 1.88. The van der Waals surface area contributed by atoms with Crippen molar-refractivity contribution in [1.29, 1.82) is 0 Å². The lowest BCUT2D eigenvalue weighted by atomic mass is 10.1. The van der Waals surface area contributed by atoms with Gasteiger partial charge >= 0.3 is 5.97 Å². The molecule has 0 heterocycles. The van der Waals surface area contributed by atoms with E-state index in [2.05, 4.69) is 10.6 Å². The Labute approximate surface area is 83.9 Å². The van der Waals surface area contributed by atoms with E-state index >= 15 is 0 Å². The number of carboxylic acids is 1. The smallest absolute Gasteiger partial charge is 0.320 e. The highest BCUT2D eigenvalue weighted by Crippen LogP contribution is 1.96. The van der Waals surface area contributed by atoms with Gasteiger partial charge in [0.2, 0.25) is 5.91 Å². The van der Waals surface area contributed by atoms with Crippen LogP contribution in [0.25, 0.3) is 0 Å². The number of carbonyl (C=O) groups is 2. The zero-order valence-electron chi connectivity index (χ0n) is 8.67. The molecule has 0 bridgehead atoms. The maximum Gasteiger partial charge on any atom is 0.320 e. The van der Waals surface area contributed by atoms with Crippen LogP contribution in [-0.2, 0) is 9.59 Å². The van der Waals surface area contributed by atoms with Gasteiger partial charge in [0.1, 0.15) is 6.04 Å². The van der Waals surface area contributed by atoms with Crippen LogP contribution in [0.2, 0.25) is 0 Å². The van der Waals surface area contributed by atoms with Crippen LogP contribution in [0.3, 0.4) is 0 Å². The van der Waals surface area contributed by atoms with Crippen molar-refractivity contribution < 1.29 is 14.7 Å². The van der Waals surface area contributed by atoms with Gasteiger partial charge in [-0.3, -0.25) is 9.59 Å². The Morgan fingerprint density at radius 2 is 2.07 bits per heavy atom. The molecule has 0 fully saturated rings. The van der Waals surface area contributed by atoms with Crippen molar-refractivity contribution in [2.75, 3.05) is 13.6 Å². The summed E-state index contributed by atoms with van der Waals surface area (Å²) in [6.07, 6.45) is 1.46. The fraction of sp³-hybridized carbons (Fsp3) is 0.778. The summed E-state index contributed by atoms with van der Waals surface area (Å²) in [5.41, 5.74) is 0. The second-order valence-electron chi connectivity index (χ2n) is 3.07. The average Bonchev–Trinajstić information content (AvgIpc) is 2.15. The molecule has 1 atom stereocenters. The molecule has 0 spiro atoms. The molecular formula is C9H18N2O3. The van der Waals surface area contributed by atoms with Crippen molar-refractivity contribution >= 4 is 11.9 Å². The van der Waals surface area contributed by atoms with Crippen molar-refractivity contribution in [1.82, 2.24) is 10.6 Å². The van der Waals surface area contributed by atoms with E-state index in [0.29, 0.717) is 13.0 Å². The highest BCUT2D eigenvalue weighted by atomic mass is 16.4. The number of hydrogen-bond donors (Lipinski definition) is 3. The van der Waals surface area contributed by atoms with Crippen molar-refractivity contribution in [3.05, 3.63) is 0 Å². The molecule has 0 aromatic heterocycles. The van der Waals surface area contributed by atoms with E-state index in [0.717, 1.165) is 6.42 Å². The van der Waals surface area contributed by atoms with Crippen LogP contribution in [0, 0.1) is 0 Å². The second kappa shape index (κ2) is 7.32. The van der Waals surface area contributed by atoms with E-state index in [-0.39, 0.29) is 12.3 Å². The molecule has 1 unspecified atom stereocenters. The van der Waals surface area contributed by atoms with E-state index in [1.165, 1.54) is 0 Å². The van der Waals surface area contributed by atoms with Crippen molar-refractivity contribution in [3.63, 3.8) is 0 Å². The summed E-state index contributed by atoms with van der Waals surface area (Å²) in [6.45, 7) is 2.62. The van der Waals surface area contributed by atoms with Crippen LogP contribution in [-0.4, -0.2) is 36.6 Å². The number of likely N-dealkylation sites (N-methyl/N-ethyl adjacent to an activating group) is 1. The largest absolute Gasteiger partial charge is 0.480 e. The zero-order valence-corrected chi connectivity index (χ0v) is 8.67. The minimum atomic E-state index is -0.921. The number of carboxylic acid groups (broad SMARTS) is 1. The van der Waals surface area contributed by atoms with Gasteiger partial charge in [-0.05, 0) is 19.9 Å². The van der Waals surface area contributed by atoms with Crippen LogP contribution in [0.4, 0.5) is 0 Å². The molecule has 5 nitrogen and oxygen atoms in total. The van der Waals surface area contributed by atoms with Crippen molar-refractivity contribution in [2.45, 2.75) is 32.2 Å². The maximum absolute atomic E-state index is 11.1. The molecular weight excluding hydrogens is 184 g/mol. The summed E-state index contributed by atoms with van der Waals surface area (Å²) in [6, 6.07) is -0.637. The van der Waals surface area contributed by atoms with Gasteiger partial charge in [-0.1, -0.05) is 6.92 Å². The van der Waals surface area contributed by atoms with Gasteiger partial charge in [0.15, 0.2) is 0 Å². The third kappa shape index (κ3) is 5.53. The first-order valence-corrected chi connectivity index (χ1v) is 4.78. The molecule has 0 aliphatic rings. The Morgan fingerprint density at radius 3 is 2.50 bits per heavy atom. The average molecular weight is 202 g/mol. The zero-order chi connectivity index (χ0) is 11.0. The van der Waals surface area contributed by atoms with Gasteiger partial charge in [0, 0.05) is 13.0 Å². The molecule has 0 aliphatic heterocycles. The molecule has 1 amide bonds. The third-order valence-corrected chi connectivity index (χ3v) is 1.88. The number of aliphatic carboxylic acids is 1. The van der Waals surface area contributed by atoms with Crippen molar-refractivity contribution in [3.8, 4) is 0 Å². The van der Waals surface area contributed by atoms with Gasteiger partial charge in [0.25, 0.3) is 0 Å². The van der Waals surface area contributed by atoms with E-state index in [1.807, 2.05) is 6.92 Å². The Balaban J connectivity index is 3.68. The normalized spacial score (nSPS) is 12.1. The first kappa shape index (κ1) is 12.9. The first-order valence-electron chi connectivity index (χ1n) is 4.78. The van der Waals surface area contributed by atoms with Gasteiger partial charge in [0.05, 0.1) is 0 Å². The fourth-order valence-electron chi connectivity index (χ4n) is 1.02. The molecule has 5 heteroatoms. The maximum atomic E-state index is 11.1. The molecule has 0 aliphatic carbocycles. The van der Waals surface area contributed by atoms with E-state index in [4.69, 9.17) is 5.11 Å². The fourth-order valence-corrected chi connectivity index (χ4v) is 1.02. The van der Waals surface area contributed by atoms with Gasteiger partial charge in [-0.15, -0.1) is 0 Å². The molecule has 3 N–H and O–H groups in total. The van der Waals surface area contributed by atoms with Crippen LogP contribution >= 0.6 is 0 Å². The quantitative estimate of drug-likeness (QED) is 0.541. The van der Waals surface area contributed by atoms with Gasteiger partial charge in [-0.25, -0.2) is 0 Å². The summed E-state index contributed by atoms with van der Waals surface area (Å²) in [4.78, 5) is 21.7. The Hall–Kier alpha value is -1.10. The first-order chi connectivity index (χ1) is 6.61. The molecule has 14 heavy (non-hydrogen) atoms. The molecule has 0 saturated heterocycles. The van der Waals surface area contributed by atoms with E-state index < -0.39 is 12.0 Å². The van der Waals surface area contributed by atoms with E-state index in [9.17, 15) is 9.59 Å². The SMILES string of the molecule is CCCNC(=O)CCC(NC)C(=O)O. The summed E-state index contributed by atoms with van der Waals surface area (Å²) in [5, 5.41) is 14.0. The number of amides is 1. The molecule has 0 radical (unpaired) electrons. The van der Waals surface area contributed by atoms with Crippen LogP contribution in [0.1, 0.15) is 26.2 Å². The van der Waals surface area contributed by atoms with Crippen LogP contribution in [0.15, 0.2) is 0 Å². The molecule has 0 saturated carbocycles. The van der Waals surface area contributed by atoms with E-state index in [1.54, 1.807) is 7.05 Å². The molecule has 0 rings (SSSR count). The van der Waals surface area contributed by atoms with Gasteiger partial charge in [-0.2, -0.15) is 0 Å². The lowest BCUT2D eigenvalue weighted by Crippen LogP contribution is -2.35. The standard InChI is InChI=1S/C9H18N2O3/c1-3-6-11-8(12)5-4-7(10-2)9(13)14/h7,10H,3-6H2,1-2H3,(H,11,12)(H,13,14). The lowest BCUT2D eigenvalue weighted by Gasteiger charge is -2.10. The highest BCUT2D eigenvalue weighted by molar-refractivity contribution is 5.78. The summed E-state index contributed by atoms with van der Waals surface area (Å²) in [5.74, 6) is -1.01. The predicted molar refractivity (Wildman–Crippen MR) is 53.0 cm³/mol. The Bertz CT molecular complexity index is 194. The monoisotopic (exact) mass is 202 g/mol. The van der Waals surface area contributed by atoms with Crippen LogP contribution < -0.4 is 10.6 Å². The number of carbonyl (C=O) groups excluding carboxylic acids is 1. The van der Waals surface area contributed by atoms with Crippen LogP contribution in [0.5, 0.6) is 0 Å². The Kier molecular flexibility index (Phi) is 6.74. The number of hydrogen-bond acceptors (Lipinski definition) is 3.